The van der Waals surface area contributed by atoms with Crippen molar-refractivity contribution in [2.75, 3.05) is 6.61 Å². The first kappa shape index (κ1) is 15.8. The first-order valence-corrected chi connectivity index (χ1v) is 7.86. The number of hydrogen-bond acceptors (Lipinski definition) is 2. The van der Waals surface area contributed by atoms with Crippen LogP contribution in [0, 0.1) is 13.8 Å². The van der Waals surface area contributed by atoms with Gasteiger partial charge in [0.2, 0.25) is 0 Å². The maximum absolute atomic E-state index is 12.5. The van der Waals surface area contributed by atoms with Crippen LogP contribution < -0.4 is 4.74 Å². The molecule has 0 radical (unpaired) electrons. The summed E-state index contributed by atoms with van der Waals surface area (Å²) in [7, 11) is 0. The van der Waals surface area contributed by atoms with Crippen LogP contribution in [0.25, 0.3) is 0 Å². The van der Waals surface area contributed by atoms with Crippen molar-refractivity contribution in [2.24, 2.45) is 0 Å². The number of rotatable bonds is 5. The average molecular weight is 347 g/mol. The fourth-order valence-electron chi connectivity index (χ4n) is 2.02. The smallest absolute Gasteiger partial charge is 0.193 e. The van der Waals surface area contributed by atoms with Gasteiger partial charge >= 0.3 is 0 Å². The molecule has 2 aromatic rings. The van der Waals surface area contributed by atoms with E-state index in [-0.39, 0.29) is 5.78 Å². The normalized spacial score (nSPS) is 10.5. The molecule has 0 aliphatic carbocycles. The van der Waals surface area contributed by atoms with E-state index in [9.17, 15) is 4.79 Å². The summed E-state index contributed by atoms with van der Waals surface area (Å²) in [5.41, 5.74) is 3.69. The lowest BCUT2D eigenvalue weighted by atomic mass is 9.99. The lowest BCUT2D eigenvalue weighted by Crippen LogP contribution is -2.03. The van der Waals surface area contributed by atoms with Gasteiger partial charge in [0.1, 0.15) is 5.75 Å². The van der Waals surface area contributed by atoms with Gasteiger partial charge in [-0.15, -0.1) is 0 Å². The highest BCUT2D eigenvalue weighted by atomic mass is 79.9. The summed E-state index contributed by atoms with van der Waals surface area (Å²) < 4.78 is 6.41. The van der Waals surface area contributed by atoms with Gasteiger partial charge < -0.3 is 4.74 Å². The first-order valence-electron chi connectivity index (χ1n) is 7.07. The minimum atomic E-state index is 0.0286. The van der Waals surface area contributed by atoms with Gasteiger partial charge in [-0.1, -0.05) is 19.1 Å². The molecule has 110 valence electrons. The van der Waals surface area contributed by atoms with Gasteiger partial charge in [0.25, 0.3) is 0 Å². The van der Waals surface area contributed by atoms with E-state index in [0.29, 0.717) is 17.7 Å². The molecule has 0 spiro atoms. The highest BCUT2D eigenvalue weighted by molar-refractivity contribution is 9.10. The number of halogens is 1. The van der Waals surface area contributed by atoms with Crippen LogP contribution in [0.4, 0.5) is 0 Å². The molecule has 0 aromatic heterocycles. The number of benzene rings is 2. The molecule has 2 aromatic carbocycles. The summed E-state index contributed by atoms with van der Waals surface area (Å²) >= 11 is 3.47. The van der Waals surface area contributed by atoms with Gasteiger partial charge in [-0.2, -0.15) is 0 Å². The largest absolute Gasteiger partial charge is 0.492 e. The Morgan fingerprint density at radius 2 is 1.71 bits per heavy atom. The third kappa shape index (κ3) is 3.73. The molecule has 3 heteroatoms. The Bertz CT molecular complexity index is 662. The number of carbonyl (C=O) groups excluding carboxylic acids is 1. The van der Waals surface area contributed by atoms with E-state index >= 15 is 0 Å². The number of carbonyl (C=O) groups is 1. The Labute approximate surface area is 134 Å². The van der Waals surface area contributed by atoms with Crippen molar-refractivity contribution in [3.63, 3.8) is 0 Å². The van der Waals surface area contributed by atoms with E-state index in [0.717, 1.165) is 22.2 Å². The fourth-order valence-corrected chi connectivity index (χ4v) is 2.51. The second-order valence-electron chi connectivity index (χ2n) is 5.12. The lowest BCUT2D eigenvalue weighted by molar-refractivity contribution is 0.103. The zero-order chi connectivity index (χ0) is 15.4. The molecule has 2 rings (SSSR count). The van der Waals surface area contributed by atoms with Crippen molar-refractivity contribution in [3.8, 4) is 5.75 Å². The van der Waals surface area contributed by atoms with Crippen LogP contribution in [-0.4, -0.2) is 12.4 Å². The van der Waals surface area contributed by atoms with Gasteiger partial charge in [0.15, 0.2) is 5.78 Å². The summed E-state index contributed by atoms with van der Waals surface area (Å²) in [4.78, 5) is 12.5. The van der Waals surface area contributed by atoms with Crippen molar-refractivity contribution in [1.29, 1.82) is 0 Å². The summed E-state index contributed by atoms with van der Waals surface area (Å²) in [5, 5.41) is 0. The number of hydrogen-bond donors (Lipinski definition) is 0. The summed E-state index contributed by atoms with van der Waals surface area (Å²) in [6.45, 7) is 6.79. The van der Waals surface area contributed by atoms with Crippen molar-refractivity contribution in [2.45, 2.75) is 27.2 Å². The Kier molecular flexibility index (Phi) is 5.18. The second-order valence-corrected chi connectivity index (χ2v) is 5.98. The molecule has 0 aliphatic rings. The van der Waals surface area contributed by atoms with Gasteiger partial charge in [-0.05, 0) is 71.6 Å². The maximum atomic E-state index is 12.5. The van der Waals surface area contributed by atoms with E-state index in [1.165, 1.54) is 5.56 Å². The zero-order valence-corrected chi connectivity index (χ0v) is 14.2. The summed E-state index contributed by atoms with van der Waals surface area (Å²) in [6.07, 6.45) is 0.954. The average Bonchev–Trinajstić information content (AvgIpc) is 2.48. The molecule has 0 atom stereocenters. The molecular weight excluding hydrogens is 328 g/mol. The molecule has 0 heterocycles. The Morgan fingerprint density at radius 1 is 1.05 bits per heavy atom. The highest BCUT2D eigenvalue weighted by Gasteiger charge is 2.12. The minimum absolute atomic E-state index is 0.0286. The van der Waals surface area contributed by atoms with Crippen LogP contribution >= 0.6 is 15.9 Å². The van der Waals surface area contributed by atoms with Gasteiger partial charge in [0.05, 0.1) is 11.1 Å². The molecule has 0 bridgehead atoms. The van der Waals surface area contributed by atoms with Crippen LogP contribution in [0.5, 0.6) is 5.75 Å². The van der Waals surface area contributed by atoms with Gasteiger partial charge in [0, 0.05) is 11.1 Å². The molecule has 2 nitrogen and oxygen atoms in total. The van der Waals surface area contributed by atoms with Crippen LogP contribution in [0.3, 0.4) is 0 Å². The quantitative estimate of drug-likeness (QED) is 0.705. The minimum Gasteiger partial charge on any atom is -0.492 e. The molecule has 0 aliphatic heterocycles. The van der Waals surface area contributed by atoms with Crippen LogP contribution in [-0.2, 0) is 0 Å². The number of ketones is 1. The van der Waals surface area contributed by atoms with Crippen molar-refractivity contribution < 1.29 is 9.53 Å². The maximum Gasteiger partial charge on any atom is 0.193 e. The third-order valence-corrected chi connectivity index (χ3v) is 4.04. The summed E-state index contributed by atoms with van der Waals surface area (Å²) in [6, 6.07) is 11.3. The molecule has 0 saturated carbocycles. The Morgan fingerprint density at radius 3 is 2.33 bits per heavy atom. The van der Waals surface area contributed by atoms with Crippen molar-refractivity contribution in [3.05, 3.63) is 63.1 Å². The molecule has 0 fully saturated rings. The fraction of sp³-hybridized carbons (Fsp3) is 0.278. The van der Waals surface area contributed by atoms with Gasteiger partial charge in [-0.3, -0.25) is 4.79 Å². The Hall–Kier alpha value is -1.61. The molecule has 0 unspecified atom stereocenters. The zero-order valence-electron chi connectivity index (χ0n) is 12.6. The third-order valence-electron chi connectivity index (χ3n) is 3.42. The lowest BCUT2D eigenvalue weighted by Gasteiger charge is -2.09. The molecular formula is C18H19BrO2. The summed E-state index contributed by atoms with van der Waals surface area (Å²) in [5.74, 6) is 0.800. The van der Waals surface area contributed by atoms with E-state index in [2.05, 4.69) is 22.9 Å². The molecule has 0 N–H and O–H groups in total. The highest BCUT2D eigenvalue weighted by Crippen LogP contribution is 2.27. The van der Waals surface area contributed by atoms with Gasteiger partial charge in [-0.25, -0.2) is 0 Å². The topological polar surface area (TPSA) is 26.3 Å². The van der Waals surface area contributed by atoms with E-state index in [1.54, 1.807) is 0 Å². The molecule has 0 saturated heterocycles. The standard InChI is InChI=1S/C18H19BrO2/c1-4-9-21-17-8-7-15(11-16(17)19)18(20)14-6-5-12(2)13(3)10-14/h5-8,10-11H,4,9H2,1-3H3. The SMILES string of the molecule is CCCOc1ccc(C(=O)c2ccc(C)c(C)c2)cc1Br. The van der Waals surface area contributed by atoms with Crippen molar-refractivity contribution >= 4 is 21.7 Å². The Balaban J connectivity index is 2.27. The molecule has 0 amide bonds. The van der Waals surface area contributed by atoms with E-state index in [1.807, 2.05) is 50.2 Å². The van der Waals surface area contributed by atoms with Crippen LogP contribution in [0.1, 0.15) is 40.4 Å². The first-order chi connectivity index (χ1) is 10.0. The van der Waals surface area contributed by atoms with Crippen molar-refractivity contribution in [1.82, 2.24) is 0 Å². The van der Waals surface area contributed by atoms with E-state index < -0.39 is 0 Å². The predicted molar refractivity (Wildman–Crippen MR) is 89.3 cm³/mol. The predicted octanol–water partition coefficient (Wildman–Crippen LogP) is 5.09. The number of aryl methyl sites for hydroxylation is 2. The van der Waals surface area contributed by atoms with E-state index in [4.69, 9.17) is 4.74 Å². The monoisotopic (exact) mass is 346 g/mol. The van der Waals surface area contributed by atoms with Crippen LogP contribution in [0.2, 0.25) is 0 Å². The number of ether oxygens (including phenoxy) is 1. The van der Waals surface area contributed by atoms with Crippen LogP contribution in [0.15, 0.2) is 40.9 Å². The second kappa shape index (κ2) is 6.90. The molecule has 21 heavy (non-hydrogen) atoms.